The van der Waals surface area contributed by atoms with E-state index in [-0.39, 0.29) is 12.5 Å². The van der Waals surface area contributed by atoms with Crippen LogP contribution in [0.15, 0.2) is 53.9 Å². The van der Waals surface area contributed by atoms with E-state index in [4.69, 9.17) is 4.74 Å². The molecular formula is C25H27N3O3S. The van der Waals surface area contributed by atoms with E-state index in [1.54, 1.807) is 6.92 Å². The quantitative estimate of drug-likeness (QED) is 0.494. The second kappa shape index (κ2) is 9.12. The van der Waals surface area contributed by atoms with Crippen molar-refractivity contribution in [3.05, 3.63) is 81.3 Å². The minimum atomic E-state index is -1.07. The number of thiazole rings is 1. The van der Waals surface area contributed by atoms with Crippen LogP contribution in [0.25, 0.3) is 0 Å². The van der Waals surface area contributed by atoms with E-state index >= 15 is 0 Å². The maximum atomic E-state index is 13.2. The van der Waals surface area contributed by atoms with Crippen molar-refractivity contribution in [3.63, 3.8) is 0 Å². The summed E-state index contributed by atoms with van der Waals surface area (Å²) in [6, 6.07) is 15.3. The molecule has 2 heterocycles. The van der Waals surface area contributed by atoms with Gasteiger partial charge >= 0.3 is 6.03 Å². The molecule has 166 valence electrons. The molecule has 1 aliphatic heterocycles. The lowest BCUT2D eigenvalue weighted by Crippen LogP contribution is -2.40. The van der Waals surface area contributed by atoms with E-state index < -0.39 is 11.6 Å². The number of hydrogen-bond donors (Lipinski definition) is 1. The molecule has 1 aliphatic rings. The fourth-order valence-electron chi connectivity index (χ4n) is 3.76. The monoisotopic (exact) mass is 449 g/mol. The van der Waals surface area contributed by atoms with Crippen LogP contribution in [-0.4, -0.2) is 21.8 Å². The van der Waals surface area contributed by atoms with Crippen LogP contribution in [0.2, 0.25) is 0 Å². The molecule has 3 aromatic rings. The summed E-state index contributed by atoms with van der Waals surface area (Å²) >= 11 is 1.45. The van der Waals surface area contributed by atoms with Gasteiger partial charge in [-0.3, -0.25) is 9.69 Å². The number of aryl methyl sites for hydroxylation is 2. The summed E-state index contributed by atoms with van der Waals surface area (Å²) in [5.41, 5.74) is 2.77. The van der Waals surface area contributed by atoms with Gasteiger partial charge in [-0.1, -0.05) is 55.3 Å². The molecule has 7 heteroatoms. The smallest absolute Gasteiger partial charge is 0.325 e. The zero-order valence-electron chi connectivity index (χ0n) is 18.6. The van der Waals surface area contributed by atoms with Crippen LogP contribution in [0.4, 0.5) is 4.79 Å². The van der Waals surface area contributed by atoms with Crippen LogP contribution in [-0.2, 0) is 29.9 Å². The second-order valence-electron chi connectivity index (χ2n) is 8.23. The first-order valence-electron chi connectivity index (χ1n) is 10.8. The number of aromatic nitrogens is 1. The summed E-state index contributed by atoms with van der Waals surface area (Å²) in [5, 5.41) is 5.52. The van der Waals surface area contributed by atoms with Gasteiger partial charge in [0.25, 0.3) is 5.91 Å². The molecular weight excluding hydrogens is 422 g/mol. The van der Waals surface area contributed by atoms with Gasteiger partial charge in [-0.2, -0.15) is 0 Å². The highest BCUT2D eigenvalue weighted by molar-refractivity contribution is 7.09. The number of urea groups is 1. The molecule has 0 saturated carbocycles. The molecule has 1 N–H and O–H groups in total. The highest BCUT2D eigenvalue weighted by Crippen LogP contribution is 2.30. The number of nitrogens with one attached hydrogen (secondary N) is 1. The Morgan fingerprint density at radius 1 is 1.09 bits per heavy atom. The van der Waals surface area contributed by atoms with Gasteiger partial charge in [0.15, 0.2) is 0 Å². The average molecular weight is 450 g/mol. The Morgan fingerprint density at radius 2 is 1.81 bits per heavy atom. The summed E-state index contributed by atoms with van der Waals surface area (Å²) in [6.07, 6.45) is 2.05. The average Bonchev–Trinajstić information content (AvgIpc) is 3.32. The Bertz CT molecular complexity index is 1110. The van der Waals surface area contributed by atoms with Gasteiger partial charge in [-0.05, 0) is 43.5 Å². The Balaban J connectivity index is 1.41. The fraction of sp³-hybridized carbons (Fsp3) is 0.320. The van der Waals surface area contributed by atoms with Crippen LogP contribution in [0.5, 0.6) is 5.75 Å². The Kier molecular flexibility index (Phi) is 6.28. The van der Waals surface area contributed by atoms with Crippen molar-refractivity contribution in [1.82, 2.24) is 15.2 Å². The number of rotatable bonds is 8. The normalized spacial score (nSPS) is 18.2. The predicted octanol–water partition coefficient (Wildman–Crippen LogP) is 4.95. The molecule has 0 spiro atoms. The molecule has 1 saturated heterocycles. The number of imide groups is 1. The SMILES string of the molecule is CCCc1ccc(C2(C)NC(=O)N(Cc3csc(COc4ccc(C)cc4)n3)C2=O)cc1. The van der Waals surface area contributed by atoms with E-state index in [0.29, 0.717) is 12.3 Å². The van der Waals surface area contributed by atoms with Gasteiger partial charge in [0.2, 0.25) is 0 Å². The fourth-order valence-corrected chi connectivity index (χ4v) is 4.46. The number of benzene rings is 2. The largest absolute Gasteiger partial charge is 0.486 e. The molecule has 2 aromatic carbocycles. The molecule has 1 atom stereocenters. The lowest BCUT2D eigenvalue weighted by Gasteiger charge is -2.22. The number of nitrogens with zero attached hydrogens (tertiary/aromatic N) is 2. The summed E-state index contributed by atoms with van der Waals surface area (Å²) in [5.74, 6) is 0.512. The molecule has 6 nitrogen and oxygen atoms in total. The molecule has 1 aromatic heterocycles. The molecule has 0 aliphatic carbocycles. The summed E-state index contributed by atoms with van der Waals surface area (Å²) in [7, 11) is 0. The van der Waals surface area contributed by atoms with E-state index in [1.165, 1.54) is 27.4 Å². The van der Waals surface area contributed by atoms with Crippen LogP contribution in [0, 0.1) is 6.92 Å². The molecule has 3 amide bonds. The van der Waals surface area contributed by atoms with Crippen molar-refractivity contribution in [2.45, 2.75) is 52.3 Å². The van der Waals surface area contributed by atoms with Crippen molar-refractivity contribution < 1.29 is 14.3 Å². The van der Waals surface area contributed by atoms with Crippen molar-refractivity contribution in [2.75, 3.05) is 0 Å². The molecule has 4 rings (SSSR count). The van der Waals surface area contributed by atoms with Gasteiger partial charge in [0.1, 0.15) is 22.9 Å². The molecule has 0 bridgehead atoms. The van der Waals surface area contributed by atoms with Crippen molar-refractivity contribution in [1.29, 1.82) is 0 Å². The lowest BCUT2D eigenvalue weighted by molar-refractivity contribution is -0.131. The number of ether oxygens (including phenoxy) is 1. The van der Waals surface area contributed by atoms with E-state index in [1.807, 2.05) is 60.8 Å². The lowest BCUT2D eigenvalue weighted by atomic mass is 9.91. The number of carbonyl (C=O) groups excluding carboxylic acids is 2. The number of carbonyl (C=O) groups is 2. The van der Waals surface area contributed by atoms with Gasteiger partial charge < -0.3 is 10.1 Å². The maximum Gasteiger partial charge on any atom is 0.325 e. The number of hydrogen-bond acceptors (Lipinski definition) is 5. The minimum Gasteiger partial charge on any atom is -0.486 e. The summed E-state index contributed by atoms with van der Waals surface area (Å²) in [6.45, 7) is 6.39. The van der Waals surface area contributed by atoms with Gasteiger partial charge in [0.05, 0.1) is 12.2 Å². The maximum absolute atomic E-state index is 13.2. The molecule has 1 unspecified atom stereocenters. The first-order chi connectivity index (χ1) is 15.4. The van der Waals surface area contributed by atoms with Crippen molar-refractivity contribution in [3.8, 4) is 5.75 Å². The van der Waals surface area contributed by atoms with Crippen LogP contribution in [0.3, 0.4) is 0 Å². The topological polar surface area (TPSA) is 71.5 Å². The molecule has 1 fully saturated rings. The van der Waals surface area contributed by atoms with Gasteiger partial charge in [-0.25, -0.2) is 9.78 Å². The third kappa shape index (κ3) is 4.53. The second-order valence-corrected chi connectivity index (χ2v) is 9.17. The van der Waals surface area contributed by atoms with Crippen LogP contribution in [0.1, 0.15) is 47.7 Å². The summed E-state index contributed by atoms with van der Waals surface area (Å²) in [4.78, 5) is 31.6. The molecule has 0 radical (unpaired) electrons. The minimum absolute atomic E-state index is 0.134. The van der Waals surface area contributed by atoms with Crippen LogP contribution < -0.4 is 10.1 Å². The standard InChI is InChI=1S/C25H27N3O3S/c1-4-5-18-8-10-19(11-9-18)25(3)23(29)28(24(30)27-25)14-20-16-32-22(26-20)15-31-21-12-6-17(2)7-13-21/h6-13,16H,4-5,14-15H2,1-3H3,(H,27,30). The third-order valence-electron chi connectivity index (χ3n) is 5.65. The van der Waals surface area contributed by atoms with Gasteiger partial charge in [0, 0.05) is 5.38 Å². The third-order valence-corrected chi connectivity index (χ3v) is 6.52. The van der Waals surface area contributed by atoms with E-state index in [2.05, 4.69) is 17.2 Å². The van der Waals surface area contributed by atoms with E-state index in [9.17, 15) is 9.59 Å². The zero-order valence-corrected chi connectivity index (χ0v) is 19.4. The zero-order chi connectivity index (χ0) is 22.7. The Labute approximate surface area is 192 Å². The number of amides is 3. The highest BCUT2D eigenvalue weighted by Gasteiger charge is 2.49. The van der Waals surface area contributed by atoms with Crippen molar-refractivity contribution >= 4 is 23.3 Å². The van der Waals surface area contributed by atoms with Gasteiger partial charge in [-0.15, -0.1) is 11.3 Å². The Hall–Kier alpha value is -3.19. The summed E-state index contributed by atoms with van der Waals surface area (Å²) < 4.78 is 5.78. The van der Waals surface area contributed by atoms with E-state index in [0.717, 1.165) is 29.2 Å². The first-order valence-corrected chi connectivity index (χ1v) is 11.6. The Morgan fingerprint density at radius 3 is 2.50 bits per heavy atom. The van der Waals surface area contributed by atoms with Crippen LogP contribution >= 0.6 is 11.3 Å². The first kappa shape index (κ1) is 22.0. The highest BCUT2D eigenvalue weighted by atomic mass is 32.1. The molecule has 32 heavy (non-hydrogen) atoms. The predicted molar refractivity (Wildman–Crippen MR) is 124 cm³/mol. The van der Waals surface area contributed by atoms with Crippen molar-refractivity contribution in [2.24, 2.45) is 0 Å².